The molecule has 1 unspecified atom stereocenters. The molecule has 0 saturated heterocycles. The van der Waals surface area contributed by atoms with Gasteiger partial charge < -0.3 is 5.11 Å². The van der Waals surface area contributed by atoms with E-state index in [2.05, 4.69) is 0 Å². The van der Waals surface area contributed by atoms with Gasteiger partial charge in [-0.15, -0.1) is 11.8 Å². The van der Waals surface area contributed by atoms with Crippen molar-refractivity contribution in [2.75, 3.05) is 5.75 Å². The number of hydrogen-bond acceptors (Lipinski definition) is 2. The van der Waals surface area contributed by atoms with Gasteiger partial charge in [-0.2, -0.15) is 0 Å². The van der Waals surface area contributed by atoms with Crippen LogP contribution in [0.25, 0.3) is 0 Å². The van der Waals surface area contributed by atoms with Crippen LogP contribution in [-0.2, 0) is 0 Å². The third kappa shape index (κ3) is 3.64. The average molecular weight is 218 g/mol. The van der Waals surface area contributed by atoms with E-state index in [1.807, 2.05) is 0 Å². The number of benzene rings is 1. The molecule has 1 nitrogen and oxygen atoms in total. The van der Waals surface area contributed by atoms with Crippen LogP contribution in [0, 0.1) is 11.6 Å². The summed E-state index contributed by atoms with van der Waals surface area (Å²) in [5, 5.41) is 8.98. The molecule has 0 aliphatic rings. The van der Waals surface area contributed by atoms with Gasteiger partial charge >= 0.3 is 0 Å². The maximum Gasteiger partial charge on any atom is 0.159 e. The number of halogens is 2. The normalized spacial score (nSPS) is 12.9. The number of rotatable bonds is 4. The minimum absolute atomic E-state index is 0.354. The maximum absolute atomic E-state index is 12.7. The summed E-state index contributed by atoms with van der Waals surface area (Å²) in [6, 6.07) is 3.81. The van der Waals surface area contributed by atoms with Gasteiger partial charge in [0, 0.05) is 10.6 Å². The van der Waals surface area contributed by atoms with Crippen molar-refractivity contribution in [3.8, 4) is 0 Å². The highest BCUT2D eigenvalue weighted by atomic mass is 32.2. The second kappa shape index (κ2) is 5.32. The van der Waals surface area contributed by atoms with E-state index in [0.29, 0.717) is 17.1 Å². The van der Waals surface area contributed by atoms with Crippen LogP contribution in [-0.4, -0.2) is 17.0 Å². The van der Waals surface area contributed by atoms with Crippen LogP contribution >= 0.6 is 11.8 Å². The fourth-order valence-corrected chi connectivity index (χ4v) is 1.96. The smallest absolute Gasteiger partial charge is 0.159 e. The van der Waals surface area contributed by atoms with Crippen molar-refractivity contribution < 1.29 is 13.9 Å². The minimum Gasteiger partial charge on any atom is -0.393 e. The van der Waals surface area contributed by atoms with Crippen molar-refractivity contribution in [3.05, 3.63) is 29.8 Å². The molecule has 0 radical (unpaired) electrons. The maximum atomic E-state index is 12.7. The van der Waals surface area contributed by atoms with E-state index in [4.69, 9.17) is 5.11 Å². The van der Waals surface area contributed by atoms with Gasteiger partial charge in [0.1, 0.15) is 0 Å². The molecule has 4 heteroatoms. The largest absolute Gasteiger partial charge is 0.393 e. The summed E-state index contributed by atoms with van der Waals surface area (Å²) in [5.74, 6) is -0.958. The number of aliphatic hydroxyl groups excluding tert-OH is 1. The molecule has 78 valence electrons. The Morgan fingerprint density at radius 2 is 2.07 bits per heavy atom. The topological polar surface area (TPSA) is 20.2 Å². The van der Waals surface area contributed by atoms with Crippen LogP contribution in [0.15, 0.2) is 23.1 Å². The molecule has 0 aromatic heterocycles. The minimum atomic E-state index is -0.829. The average Bonchev–Trinajstić information content (AvgIpc) is 2.10. The van der Waals surface area contributed by atoms with Gasteiger partial charge in [-0.05, 0) is 31.5 Å². The summed E-state index contributed by atoms with van der Waals surface area (Å²) in [6.07, 6.45) is 0.289. The Balaban J connectivity index is 2.47. The summed E-state index contributed by atoms with van der Waals surface area (Å²) in [6.45, 7) is 1.70. The van der Waals surface area contributed by atoms with Crippen LogP contribution in [0.3, 0.4) is 0 Å². The van der Waals surface area contributed by atoms with E-state index < -0.39 is 11.6 Å². The molecular formula is C10H12F2OS. The Bertz CT molecular complexity index is 302. The Kier molecular flexibility index (Phi) is 4.35. The highest BCUT2D eigenvalue weighted by Crippen LogP contribution is 2.21. The molecular weight excluding hydrogens is 206 g/mol. The van der Waals surface area contributed by atoms with E-state index in [1.54, 1.807) is 6.92 Å². The molecule has 1 aromatic carbocycles. The Labute approximate surface area is 86.1 Å². The SMILES string of the molecule is CC(O)CCSc1ccc(F)c(F)c1. The van der Waals surface area contributed by atoms with Crippen molar-refractivity contribution in [1.82, 2.24) is 0 Å². The quantitative estimate of drug-likeness (QED) is 0.784. The zero-order chi connectivity index (χ0) is 10.6. The van der Waals surface area contributed by atoms with Crippen LogP contribution in [0.5, 0.6) is 0 Å². The lowest BCUT2D eigenvalue weighted by Gasteiger charge is -2.04. The predicted octanol–water partition coefficient (Wildman–Crippen LogP) is 2.83. The monoisotopic (exact) mass is 218 g/mol. The molecule has 0 aliphatic heterocycles. The van der Waals surface area contributed by atoms with Crippen molar-refractivity contribution >= 4 is 11.8 Å². The molecule has 0 spiro atoms. The van der Waals surface area contributed by atoms with Gasteiger partial charge in [0.05, 0.1) is 6.10 Å². The molecule has 0 aliphatic carbocycles. The molecule has 1 rings (SSSR count). The first-order chi connectivity index (χ1) is 6.59. The van der Waals surface area contributed by atoms with Gasteiger partial charge in [0.2, 0.25) is 0 Å². The van der Waals surface area contributed by atoms with Crippen LogP contribution in [0.4, 0.5) is 8.78 Å². The van der Waals surface area contributed by atoms with E-state index in [-0.39, 0.29) is 6.10 Å². The second-order valence-corrected chi connectivity index (χ2v) is 4.23. The van der Waals surface area contributed by atoms with Crippen molar-refractivity contribution in [2.24, 2.45) is 0 Å². The lowest BCUT2D eigenvalue weighted by Crippen LogP contribution is -2.00. The predicted molar refractivity (Wildman–Crippen MR) is 53.4 cm³/mol. The van der Waals surface area contributed by atoms with Gasteiger partial charge in [0.15, 0.2) is 11.6 Å². The van der Waals surface area contributed by atoms with Gasteiger partial charge in [-0.25, -0.2) is 8.78 Å². The fourth-order valence-electron chi connectivity index (χ4n) is 0.914. The molecule has 0 heterocycles. The van der Waals surface area contributed by atoms with Crippen LogP contribution < -0.4 is 0 Å². The Morgan fingerprint density at radius 3 is 2.64 bits per heavy atom. The van der Waals surface area contributed by atoms with Crippen molar-refractivity contribution in [3.63, 3.8) is 0 Å². The van der Waals surface area contributed by atoms with Crippen LogP contribution in [0.2, 0.25) is 0 Å². The molecule has 0 saturated carbocycles. The highest BCUT2D eigenvalue weighted by molar-refractivity contribution is 7.99. The van der Waals surface area contributed by atoms with Crippen LogP contribution in [0.1, 0.15) is 13.3 Å². The Morgan fingerprint density at radius 1 is 1.36 bits per heavy atom. The molecule has 0 fully saturated rings. The fraction of sp³-hybridized carbons (Fsp3) is 0.400. The summed E-state index contributed by atoms with van der Waals surface area (Å²) in [5.41, 5.74) is 0. The number of hydrogen-bond donors (Lipinski definition) is 1. The summed E-state index contributed by atoms with van der Waals surface area (Å²) in [4.78, 5) is 0.685. The van der Waals surface area contributed by atoms with Gasteiger partial charge in [0.25, 0.3) is 0 Å². The lowest BCUT2D eigenvalue weighted by atomic mass is 10.3. The molecule has 0 amide bonds. The standard InChI is InChI=1S/C10H12F2OS/c1-7(13)4-5-14-8-2-3-9(11)10(12)6-8/h2-3,6-7,13H,4-5H2,1H3. The van der Waals surface area contributed by atoms with E-state index in [9.17, 15) is 8.78 Å². The van der Waals surface area contributed by atoms with E-state index >= 15 is 0 Å². The van der Waals surface area contributed by atoms with E-state index in [1.165, 1.54) is 23.9 Å². The molecule has 14 heavy (non-hydrogen) atoms. The molecule has 1 N–H and O–H groups in total. The first-order valence-corrected chi connectivity index (χ1v) is 5.34. The molecule has 0 bridgehead atoms. The highest BCUT2D eigenvalue weighted by Gasteiger charge is 2.03. The van der Waals surface area contributed by atoms with E-state index in [0.717, 1.165) is 6.07 Å². The third-order valence-corrected chi connectivity index (χ3v) is 2.72. The second-order valence-electron chi connectivity index (χ2n) is 3.06. The first-order valence-electron chi connectivity index (χ1n) is 4.35. The summed E-state index contributed by atoms with van der Waals surface area (Å²) >= 11 is 1.40. The van der Waals surface area contributed by atoms with Gasteiger partial charge in [-0.3, -0.25) is 0 Å². The third-order valence-electron chi connectivity index (χ3n) is 1.70. The molecule has 1 atom stereocenters. The Hall–Kier alpha value is -0.610. The zero-order valence-corrected chi connectivity index (χ0v) is 8.65. The molecule has 1 aromatic rings. The lowest BCUT2D eigenvalue weighted by molar-refractivity contribution is 0.192. The van der Waals surface area contributed by atoms with Crippen molar-refractivity contribution in [2.45, 2.75) is 24.3 Å². The summed E-state index contributed by atoms with van der Waals surface area (Å²) < 4.78 is 25.3. The van der Waals surface area contributed by atoms with Gasteiger partial charge in [-0.1, -0.05) is 0 Å². The number of aliphatic hydroxyl groups is 1. The zero-order valence-electron chi connectivity index (χ0n) is 7.84. The van der Waals surface area contributed by atoms with Crippen molar-refractivity contribution in [1.29, 1.82) is 0 Å². The number of thioether (sulfide) groups is 1. The first kappa shape index (κ1) is 11.5. The summed E-state index contributed by atoms with van der Waals surface area (Å²) in [7, 11) is 0.